The molecule has 4 heteroatoms. The molecule has 0 saturated heterocycles. The van der Waals surface area contributed by atoms with Crippen molar-refractivity contribution in [2.75, 3.05) is 19.5 Å². The van der Waals surface area contributed by atoms with Gasteiger partial charge in [0.25, 0.3) is 0 Å². The Bertz CT molecular complexity index is 675. The molecule has 0 aromatic heterocycles. The van der Waals surface area contributed by atoms with Crippen molar-refractivity contribution in [2.45, 2.75) is 26.8 Å². The Labute approximate surface area is 143 Å². The largest absolute Gasteiger partial charge is 0.497 e. The number of anilines is 1. The van der Waals surface area contributed by atoms with Gasteiger partial charge in [-0.2, -0.15) is 0 Å². The van der Waals surface area contributed by atoms with Gasteiger partial charge in [0.1, 0.15) is 5.75 Å². The van der Waals surface area contributed by atoms with Crippen LogP contribution in [0.1, 0.15) is 31.0 Å². The molecule has 1 atom stereocenters. The van der Waals surface area contributed by atoms with E-state index in [-0.39, 0.29) is 12.0 Å². The highest BCUT2D eigenvalue weighted by Crippen LogP contribution is 2.37. The van der Waals surface area contributed by atoms with Gasteiger partial charge in [-0.15, -0.1) is 0 Å². The Morgan fingerprint density at radius 3 is 2.08 bits per heavy atom. The van der Waals surface area contributed by atoms with Crippen LogP contribution in [0.3, 0.4) is 0 Å². The highest BCUT2D eigenvalue weighted by atomic mass is 16.5. The monoisotopic (exact) mass is 327 g/mol. The summed E-state index contributed by atoms with van der Waals surface area (Å²) in [6.45, 7) is 5.82. The lowest BCUT2D eigenvalue weighted by Crippen LogP contribution is -2.36. The number of nitrogens with one attached hydrogen (secondary N) is 1. The van der Waals surface area contributed by atoms with E-state index in [1.54, 1.807) is 7.11 Å². The number of carbonyl (C=O) groups excluding carboxylic acids is 1. The van der Waals surface area contributed by atoms with Crippen molar-refractivity contribution < 1.29 is 14.3 Å². The molecule has 0 aliphatic rings. The Morgan fingerprint density at radius 2 is 1.58 bits per heavy atom. The zero-order chi connectivity index (χ0) is 17.7. The number of hydrogen-bond acceptors (Lipinski definition) is 4. The topological polar surface area (TPSA) is 47.6 Å². The van der Waals surface area contributed by atoms with Crippen LogP contribution in [0.4, 0.5) is 5.69 Å². The molecular weight excluding hydrogens is 302 g/mol. The first kappa shape index (κ1) is 17.9. The number of methoxy groups -OCH3 is 2. The molecule has 0 radical (unpaired) electrons. The lowest BCUT2D eigenvalue weighted by Gasteiger charge is -2.33. The molecule has 0 aliphatic heterocycles. The number of aryl methyl sites for hydroxylation is 1. The van der Waals surface area contributed by atoms with Crippen LogP contribution in [0.2, 0.25) is 0 Å². The van der Waals surface area contributed by atoms with E-state index in [4.69, 9.17) is 9.47 Å². The minimum atomic E-state index is -0.732. The molecule has 0 spiro atoms. The third-order valence-electron chi connectivity index (χ3n) is 4.24. The van der Waals surface area contributed by atoms with E-state index in [0.717, 1.165) is 17.0 Å². The number of rotatable bonds is 6. The van der Waals surface area contributed by atoms with Gasteiger partial charge in [-0.05, 0) is 50.6 Å². The fourth-order valence-electron chi connectivity index (χ4n) is 2.67. The summed E-state index contributed by atoms with van der Waals surface area (Å²) in [5.41, 5.74) is 2.40. The lowest BCUT2D eigenvalue weighted by molar-refractivity contribution is -0.151. The maximum atomic E-state index is 12.3. The molecule has 2 aromatic rings. The molecule has 1 unspecified atom stereocenters. The summed E-state index contributed by atoms with van der Waals surface area (Å²) in [4.78, 5) is 12.3. The van der Waals surface area contributed by atoms with E-state index in [1.165, 1.54) is 12.7 Å². The van der Waals surface area contributed by atoms with Crippen molar-refractivity contribution in [3.05, 3.63) is 59.7 Å². The van der Waals surface area contributed by atoms with Crippen LogP contribution in [0.25, 0.3) is 0 Å². The summed E-state index contributed by atoms with van der Waals surface area (Å²) in [7, 11) is 3.06. The van der Waals surface area contributed by atoms with Crippen molar-refractivity contribution >= 4 is 11.7 Å². The van der Waals surface area contributed by atoms with E-state index in [9.17, 15) is 4.79 Å². The molecule has 24 heavy (non-hydrogen) atoms. The van der Waals surface area contributed by atoms with Gasteiger partial charge in [0.05, 0.1) is 25.7 Å². The van der Waals surface area contributed by atoms with Crippen LogP contribution in [0.15, 0.2) is 48.5 Å². The van der Waals surface area contributed by atoms with Gasteiger partial charge in [0, 0.05) is 5.69 Å². The van der Waals surface area contributed by atoms with Gasteiger partial charge in [-0.3, -0.25) is 4.79 Å². The van der Waals surface area contributed by atoms with Crippen molar-refractivity contribution in [2.24, 2.45) is 5.41 Å². The summed E-state index contributed by atoms with van der Waals surface area (Å²) in [5, 5.41) is 3.47. The van der Waals surface area contributed by atoms with E-state index in [1.807, 2.05) is 69.3 Å². The minimum absolute atomic E-state index is 0.223. The highest BCUT2D eigenvalue weighted by molar-refractivity contribution is 5.78. The molecule has 2 rings (SSSR count). The Balaban J connectivity index is 2.38. The average Bonchev–Trinajstić information content (AvgIpc) is 2.60. The number of carbonyl (C=O) groups is 1. The number of benzene rings is 2. The molecule has 0 fully saturated rings. The lowest BCUT2D eigenvalue weighted by atomic mass is 9.80. The summed E-state index contributed by atoms with van der Waals surface area (Å²) >= 11 is 0. The third kappa shape index (κ3) is 3.88. The molecule has 1 N–H and O–H groups in total. The standard InChI is InChI=1S/C20H25NO3/c1-14-6-8-15(9-7-14)18(20(2,3)19(22)24-5)21-16-10-12-17(23-4)13-11-16/h6-13,18,21H,1-5H3. The molecule has 4 nitrogen and oxygen atoms in total. The fraction of sp³-hybridized carbons (Fsp3) is 0.350. The number of hydrogen-bond donors (Lipinski definition) is 1. The first-order valence-electron chi connectivity index (χ1n) is 7.94. The minimum Gasteiger partial charge on any atom is -0.497 e. The molecule has 0 saturated carbocycles. The maximum Gasteiger partial charge on any atom is 0.313 e. The van der Waals surface area contributed by atoms with Gasteiger partial charge in [-0.1, -0.05) is 29.8 Å². The van der Waals surface area contributed by atoms with Crippen LogP contribution >= 0.6 is 0 Å². The molecule has 2 aromatic carbocycles. The summed E-state index contributed by atoms with van der Waals surface area (Å²) < 4.78 is 10.2. The second-order valence-corrected chi connectivity index (χ2v) is 6.43. The van der Waals surface area contributed by atoms with Gasteiger partial charge in [0.2, 0.25) is 0 Å². The third-order valence-corrected chi connectivity index (χ3v) is 4.24. The molecule has 0 aliphatic carbocycles. The normalized spacial score (nSPS) is 12.4. The Kier molecular flexibility index (Phi) is 5.50. The second-order valence-electron chi connectivity index (χ2n) is 6.43. The van der Waals surface area contributed by atoms with Gasteiger partial charge < -0.3 is 14.8 Å². The Hall–Kier alpha value is -2.49. The van der Waals surface area contributed by atoms with Crippen molar-refractivity contribution in [3.8, 4) is 5.75 Å². The van der Waals surface area contributed by atoms with Crippen LogP contribution in [0, 0.1) is 12.3 Å². The van der Waals surface area contributed by atoms with Crippen molar-refractivity contribution in [1.82, 2.24) is 0 Å². The zero-order valence-corrected chi connectivity index (χ0v) is 14.9. The maximum absolute atomic E-state index is 12.3. The summed E-state index contributed by atoms with van der Waals surface area (Å²) in [6, 6.07) is 15.6. The smallest absolute Gasteiger partial charge is 0.313 e. The number of esters is 1. The molecule has 0 amide bonds. The predicted molar refractivity (Wildman–Crippen MR) is 96.3 cm³/mol. The number of ether oxygens (including phenoxy) is 2. The predicted octanol–water partition coefficient (Wildman–Crippen LogP) is 4.36. The van der Waals surface area contributed by atoms with Crippen molar-refractivity contribution in [3.63, 3.8) is 0 Å². The van der Waals surface area contributed by atoms with E-state index in [2.05, 4.69) is 5.32 Å². The summed E-state index contributed by atoms with van der Waals surface area (Å²) in [5.74, 6) is 0.536. The van der Waals surface area contributed by atoms with Gasteiger partial charge >= 0.3 is 5.97 Å². The first-order chi connectivity index (χ1) is 11.4. The highest BCUT2D eigenvalue weighted by Gasteiger charge is 2.39. The van der Waals surface area contributed by atoms with Crippen LogP contribution < -0.4 is 10.1 Å². The average molecular weight is 327 g/mol. The SMILES string of the molecule is COC(=O)C(C)(C)C(Nc1ccc(OC)cc1)c1ccc(C)cc1. The quantitative estimate of drug-likeness (QED) is 0.801. The van der Waals surface area contributed by atoms with E-state index in [0.29, 0.717) is 0 Å². The molecule has 0 heterocycles. The van der Waals surface area contributed by atoms with E-state index >= 15 is 0 Å². The molecular formula is C20H25NO3. The molecule has 128 valence electrons. The van der Waals surface area contributed by atoms with Gasteiger partial charge in [0.15, 0.2) is 0 Å². The first-order valence-corrected chi connectivity index (χ1v) is 7.94. The Morgan fingerprint density at radius 1 is 1.00 bits per heavy atom. The summed E-state index contributed by atoms with van der Waals surface area (Å²) in [6.07, 6.45) is 0. The zero-order valence-electron chi connectivity index (χ0n) is 14.9. The van der Waals surface area contributed by atoms with Gasteiger partial charge in [-0.25, -0.2) is 0 Å². The molecule has 0 bridgehead atoms. The van der Waals surface area contributed by atoms with Crippen molar-refractivity contribution in [1.29, 1.82) is 0 Å². The second kappa shape index (κ2) is 7.39. The van der Waals surface area contributed by atoms with Crippen LogP contribution in [0.5, 0.6) is 5.75 Å². The van der Waals surface area contributed by atoms with Crippen LogP contribution in [-0.4, -0.2) is 20.2 Å². The van der Waals surface area contributed by atoms with E-state index < -0.39 is 5.41 Å². The van der Waals surface area contributed by atoms with Crippen LogP contribution in [-0.2, 0) is 9.53 Å². The fourth-order valence-corrected chi connectivity index (χ4v) is 2.67.